The summed E-state index contributed by atoms with van der Waals surface area (Å²) in [6.45, 7) is -2.79. The van der Waals surface area contributed by atoms with Gasteiger partial charge in [0.2, 0.25) is 0 Å². The number of alkyl halides is 2. The van der Waals surface area contributed by atoms with Gasteiger partial charge in [0.05, 0.1) is 12.4 Å². The van der Waals surface area contributed by atoms with Gasteiger partial charge in [-0.3, -0.25) is 4.98 Å². The summed E-state index contributed by atoms with van der Waals surface area (Å²) in [6, 6.07) is 2.76. The number of aromatic nitrogens is 1. The monoisotopic (exact) mass is 144 g/mol. The SMILES string of the molecule is FC(F)Oc1cc[c]nc1. The first kappa shape index (κ1) is 6.92. The molecule has 0 spiro atoms. The van der Waals surface area contributed by atoms with Crippen molar-refractivity contribution in [2.24, 2.45) is 0 Å². The van der Waals surface area contributed by atoms with Crippen molar-refractivity contribution in [3.8, 4) is 5.75 Å². The minimum absolute atomic E-state index is 0.0498. The minimum Gasteiger partial charge on any atom is -0.433 e. The van der Waals surface area contributed by atoms with Gasteiger partial charge in [0.25, 0.3) is 0 Å². The molecular formula is C6H4F2NO. The lowest BCUT2D eigenvalue weighted by atomic mass is 10.5. The van der Waals surface area contributed by atoms with Crippen molar-refractivity contribution in [3.63, 3.8) is 0 Å². The van der Waals surface area contributed by atoms with Crippen LogP contribution in [0.1, 0.15) is 0 Å². The van der Waals surface area contributed by atoms with Crippen molar-refractivity contribution in [3.05, 3.63) is 24.5 Å². The third kappa shape index (κ3) is 1.97. The van der Waals surface area contributed by atoms with Crippen molar-refractivity contribution >= 4 is 0 Å². The Morgan fingerprint density at radius 2 is 2.40 bits per heavy atom. The Hall–Kier alpha value is -1.19. The standard InChI is InChI=1S/C6H4F2NO/c7-6(8)10-5-2-1-3-9-4-5/h1-2,4,6H. The normalized spacial score (nSPS) is 9.90. The van der Waals surface area contributed by atoms with Crippen molar-refractivity contribution in [1.82, 2.24) is 4.98 Å². The summed E-state index contributed by atoms with van der Waals surface area (Å²) >= 11 is 0. The molecule has 2 nitrogen and oxygen atoms in total. The fourth-order valence-electron chi connectivity index (χ4n) is 0.479. The molecule has 0 unspecified atom stereocenters. The molecule has 0 fully saturated rings. The topological polar surface area (TPSA) is 22.1 Å². The fourth-order valence-corrected chi connectivity index (χ4v) is 0.479. The molecular weight excluding hydrogens is 140 g/mol. The molecule has 0 aliphatic carbocycles. The van der Waals surface area contributed by atoms with Crippen LogP contribution >= 0.6 is 0 Å². The lowest BCUT2D eigenvalue weighted by molar-refractivity contribution is -0.0500. The Kier molecular flexibility index (Phi) is 2.15. The van der Waals surface area contributed by atoms with E-state index >= 15 is 0 Å². The smallest absolute Gasteiger partial charge is 0.387 e. The average molecular weight is 144 g/mol. The van der Waals surface area contributed by atoms with Crippen molar-refractivity contribution in [2.45, 2.75) is 6.61 Å². The van der Waals surface area contributed by atoms with E-state index in [-0.39, 0.29) is 5.75 Å². The molecule has 1 radical (unpaired) electrons. The van der Waals surface area contributed by atoms with Gasteiger partial charge in [-0.25, -0.2) is 0 Å². The molecule has 0 amide bonds. The van der Waals surface area contributed by atoms with Crippen LogP contribution in [0.15, 0.2) is 18.3 Å². The Morgan fingerprint density at radius 1 is 1.60 bits per heavy atom. The zero-order chi connectivity index (χ0) is 7.40. The van der Waals surface area contributed by atoms with E-state index in [9.17, 15) is 8.78 Å². The van der Waals surface area contributed by atoms with E-state index in [1.807, 2.05) is 0 Å². The van der Waals surface area contributed by atoms with Crippen LogP contribution in [-0.2, 0) is 0 Å². The number of pyridine rings is 1. The van der Waals surface area contributed by atoms with Crippen LogP contribution in [0.5, 0.6) is 5.75 Å². The second-order valence-corrected chi connectivity index (χ2v) is 1.50. The third-order valence-electron chi connectivity index (χ3n) is 0.814. The van der Waals surface area contributed by atoms with Gasteiger partial charge in [0.15, 0.2) is 0 Å². The number of ether oxygens (including phenoxy) is 1. The molecule has 1 aromatic heterocycles. The van der Waals surface area contributed by atoms with E-state index in [2.05, 4.69) is 15.9 Å². The molecule has 0 bridgehead atoms. The second kappa shape index (κ2) is 3.10. The molecule has 4 heteroatoms. The fraction of sp³-hybridized carbons (Fsp3) is 0.167. The zero-order valence-electron chi connectivity index (χ0n) is 4.92. The van der Waals surface area contributed by atoms with Crippen LogP contribution in [0.2, 0.25) is 0 Å². The summed E-state index contributed by atoms with van der Waals surface area (Å²) in [5.41, 5.74) is 0. The Morgan fingerprint density at radius 3 is 2.90 bits per heavy atom. The molecule has 0 aliphatic rings. The van der Waals surface area contributed by atoms with Crippen LogP contribution in [0, 0.1) is 6.20 Å². The van der Waals surface area contributed by atoms with Gasteiger partial charge >= 0.3 is 6.61 Å². The van der Waals surface area contributed by atoms with E-state index in [4.69, 9.17) is 0 Å². The molecule has 0 aromatic carbocycles. The van der Waals surface area contributed by atoms with Crippen LogP contribution in [0.3, 0.4) is 0 Å². The van der Waals surface area contributed by atoms with E-state index in [1.165, 1.54) is 18.3 Å². The molecule has 0 N–H and O–H groups in total. The van der Waals surface area contributed by atoms with E-state index in [1.54, 1.807) is 0 Å². The van der Waals surface area contributed by atoms with Gasteiger partial charge in [0.1, 0.15) is 5.75 Å². The van der Waals surface area contributed by atoms with Gasteiger partial charge in [0, 0.05) is 0 Å². The zero-order valence-corrected chi connectivity index (χ0v) is 4.92. The highest BCUT2D eigenvalue weighted by Crippen LogP contribution is 2.09. The second-order valence-electron chi connectivity index (χ2n) is 1.50. The molecule has 10 heavy (non-hydrogen) atoms. The maximum atomic E-state index is 11.5. The van der Waals surface area contributed by atoms with Crippen LogP contribution in [0.4, 0.5) is 8.78 Å². The summed E-state index contributed by atoms with van der Waals surface area (Å²) in [4.78, 5) is 3.45. The number of hydrogen-bond acceptors (Lipinski definition) is 2. The highest BCUT2D eigenvalue weighted by atomic mass is 19.3. The number of hydrogen-bond donors (Lipinski definition) is 0. The van der Waals surface area contributed by atoms with E-state index in [0.717, 1.165) is 0 Å². The molecule has 0 atom stereocenters. The maximum Gasteiger partial charge on any atom is 0.387 e. The van der Waals surface area contributed by atoms with Crippen LogP contribution in [0.25, 0.3) is 0 Å². The van der Waals surface area contributed by atoms with Gasteiger partial charge in [-0.05, 0) is 12.1 Å². The lowest BCUT2D eigenvalue weighted by Gasteiger charge is -2.00. The number of nitrogens with zero attached hydrogens (tertiary/aromatic N) is 1. The van der Waals surface area contributed by atoms with Gasteiger partial charge < -0.3 is 4.74 Å². The molecule has 1 rings (SSSR count). The first-order valence-electron chi connectivity index (χ1n) is 2.56. The first-order chi connectivity index (χ1) is 4.79. The van der Waals surface area contributed by atoms with Gasteiger partial charge in [-0.1, -0.05) is 0 Å². The maximum absolute atomic E-state index is 11.5. The Labute approximate surface area is 56.5 Å². The Bertz CT molecular complexity index is 190. The summed E-state index contributed by atoms with van der Waals surface area (Å²) < 4.78 is 26.9. The molecule has 1 heterocycles. The predicted octanol–water partition coefficient (Wildman–Crippen LogP) is 1.48. The number of halogens is 2. The predicted molar refractivity (Wildman–Crippen MR) is 29.7 cm³/mol. The largest absolute Gasteiger partial charge is 0.433 e. The molecule has 0 aliphatic heterocycles. The third-order valence-corrected chi connectivity index (χ3v) is 0.814. The van der Waals surface area contributed by atoms with E-state index in [0.29, 0.717) is 0 Å². The van der Waals surface area contributed by atoms with Gasteiger partial charge in [-0.2, -0.15) is 8.78 Å². The van der Waals surface area contributed by atoms with E-state index < -0.39 is 6.61 Å². The summed E-state index contributed by atoms with van der Waals surface area (Å²) in [7, 11) is 0. The minimum atomic E-state index is -2.79. The van der Waals surface area contributed by atoms with Crippen molar-refractivity contribution in [1.29, 1.82) is 0 Å². The molecule has 0 saturated heterocycles. The highest BCUT2D eigenvalue weighted by molar-refractivity contribution is 5.14. The average Bonchev–Trinajstić information content (AvgIpc) is 1.88. The van der Waals surface area contributed by atoms with Crippen molar-refractivity contribution in [2.75, 3.05) is 0 Å². The van der Waals surface area contributed by atoms with Crippen LogP contribution in [-0.4, -0.2) is 11.6 Å². The highest BCUT2D eigenvalue weighted by Gasteiger charge is 2.01. The summed E-state index contributed by atoms with van der Waals surface area (Å²) in [5, 5.41) is 0. The molecule has 0 saturated carbocycles. The molecule has 53 valence electrons. The first-order valence-corrected chi connectivity index (χ1v) is 2.56. The van der Waals surface area contributed by atoms with Crippen molar-refractivity contribution < 1.29 is 13.5 Å². The Balaban J connectivity index is 2.59. The van der Waals surface area contributed by atoms with Gasteiger partial charge in [-0.15, -0.1) is 0 Å². The summed E-state index contributed by atoms with van der Waals surface area (Å²) in [5.74, 6) is 0.0498. The van der Waals surface area contributed by atoms with Crippen LogP contribution < -0.4 is 4.74 Å². The lowest BCUT2D eigenvalue weighted by Crippen LogP contribution is -2.01. The number of rotatable bonds is 2. The summed E-state index contributed by atoms with van der Waals surface area (Å²) in [6.07, 6.45) is 3.60. The quantitative estimate of drug-likeness (QED) is 0.627. The molecule has 1 aromatic rings.